The summed E-state index contributed by atoms with van der Waals surface area (Å²) in [4.78, 5) is 31.0. The van der Waals surface area contributed by atoms with Crippen LogP contribution in [-0.2, 0) is 4.79 Å². The fourth-order valence-corrected chi connectivity index (χ4v) is 3.22. The number of halogens is 1. The predicted octanol–water partition coefficient (Wildman–Crippen LogP) is 3.44. The average Bonchev–Trinajstić information content (AvgIpc) is 3.09. The molecular formula is C20H23ClN4O4. The minimum Gasteiger partial charge on any atom is -0.491 e. The Morgan fingerprint density at radius 2 is 1.93 bits per heavy atom. The van der Waals surface area contributed by atoms with E-state index in [1.165, 1.54) is 12.4 Å². The van der Waals surface area contributed by atoms with Crippen LogP contribution in [0.1, 0.15) is 54.1 Å². The number of amides is 1. The molecule has 3 rings (SSSR count). The van der Waals surface area contributed by atoms with Crippen molar-refractivity contribution in [2.45, 2.75) is 38.1 Å². The number of fused-ring (bicyclic) bond motifs is 1. The van der Waals surface area contributed by atoms with Crippen LogP contribution in [0.2, 0.25) is 5.02 Å². The van der Waals surface area contributed by atoms with Crippen LogP contribution in [0, 0.1) is 0 Å². The number of hydrogen-bond donors (Lipinski definition) is 3. The molecule has 1 amide bonds. The number of carbonyl (C=O) groups excluding carboxylic acids is 1. The van der Waals surface area contributed by atoms with Gasteiger partial charge in [0.1, 0.15) is 12.4 Å². The van der Waals surface area contributed by atoms with Crippen molar-refractivity contribution in [2.24, 2.45) is 0 Å². The number of hydrogen-bond acceptors (Lipinski definition) is 6. The van der Waals surface area contributed by atoms with Gasteiger partial charge in [-0.15, -0.1) is 0 Å². The fraction of sp³-hybridized carbons (Fsp3) is 0.400. The minimum absolute atomic E-state index is 0.107. The lowest BCUT2D eigenvalue weighted by molar-refractivity contribution is -0.137. The summed E-state index contributed by atoms with van der Waals surface area (Å²) in [5.41, 5.74) is 1.33. The highest BCUT2D eigenvalue weighted by Crippen LogP contribution is 2.35. The molecule has 9 heteroatoms. The number of benzene rings is 1. The van der Waals surface area contributed by atoms with Gasteiger partial charge >= 0.3 is 5.97 Å². The number of ether oxygens (including phenoxy) is 1. The third-order valence-corrected chi connectivity index (χ3v) is 4.81. The molecule has 0 saturated carbocycles. The molecule has 3 N–H and O–H groups in total. The summed E-state index contributed by atoms with van der Waals surface area (Å²) in [6.45, 7) is 0.983. The Morgan fingerprint density at radius 3 is 2.69 bits per heavy atom. The Morgan fingerprint density at radius 1 is 1.17 bits per heavy atom. The molecule has 0 spiro atoms. The molecule has 29 heavy (non-hydrogen) atoms. The van der Waals surface area contributed by atoms with Crippen LogP contribution < -0.4 is 15.4 Å². The van der Waals surface area contributed by atoms with E-state index in [1.807, 2.05) is 12.1 Å². The predicted molar refractivity (Wildman–Crippen MR) is 108 cm³/mol. The zero-order valence-corrected chi connectivity index (χ0v) is 16.6. The molecule has 154 valence electrons. The second-order valence-corrected chi connectivity index (χ2v) is 7.24. The Bertz CT molecular complexity index is 860. The number of aliphatic carboxylic acids is 1. The minimum atomic E-state index is -0.773. The smallest absolute Gasteiger partial charge is 0.303 e. The first-order valence-electron chi connectivity index (χ1n) is 9.54. The molecule has 0 fully saturated rings. The molecule has 0 saturated heterocycles. The van der Waals surface area contributed by atoms with Crippen LogP contribution in [0.3, 0.4) is 0 Å². The van der Waals surface area contributed by atoms with E-state index in [0.717, 1.165) is 30.6 Å². The first kappa shape index (κ1) is 20.9. The fourth-order valence-electron chi connectivity index (χ4n) is 3.04. The van der Waals surface area contributed by atoms with Gasteiger partial charge in [-0.05, 0) is 31.0 Å². The molecule has 0 bridgehead atoms. The zero-order valence-electron chi connectivity index (χ0n) is 15.9. The van der Waals surface area contributed by atoms with Crippen molar-refractivity contribution in [3.63, 3.8) is 0 Å². The van der Waals surface area contributed by atoms with Gasteiger partial charge < -0.3 is 20.5 Å². The van der Waals surface area contributed by atoms with E-state index < -0.39 is 5.97 Å². The Hall–Kier alpha value is -2.87. The first-order valence-corrected chi connectivity index (χ1v) is 9.91. The topological polar surface area (TPSA) is 113 Å². The maximum absolute atomic E-state index is 12.2. The average molecular weight is 419 g/mol. The number of carboxylic acids is 1. The SMILES string of the molecule is O=C(O)CCCCCCNC(=O)c1cnc(NC2COc3ccc(Cl)cc32)nc1. The summed E-state index contributed by atoms with van der Waals surface area (Å²) in [5.74, 6) is 0.181. The number of carboxylic acid groups (broad SMARTS) is 1. The normalized spacial score (nSPS) is 14.7. The van der Waals surface area contributed by atoms with Gasteiger partial charge in [-0.1, -0.05) is 24.4 Å². The first-order chi connectivity index (χ1) is 14.0. The molecule has 1 aromatic carbocycles. The van der Waals surface area contributed by atoms with Crippen molar-refractivity contribution >= 4 is 29.4 Å². The molecule has 0 radical (unpaired) electrons. The maximum Gasteiger partial charge on any atom is 0.303 e. The number of carbonyl (C=O) groups is 2. The summed E-state index contributed by atoms with van der Waals surface area (Å²) in [6.07, 6.45) is 6.32. The second-order valence-electron chi connectivity index (χ2n) is 6.80. The number of anilines is 1. The quantitative estimate of drug-likeness (QED) is 0.506. The van der Waals surface area contributed by atoms with Crippen LogP contribution in [0.25, 0.3) is 0 Å². The van der Waals surface area contributed by atoms with Gasteiger partial charge in [0.05, 0.1) is 11.6 Å². The van der Waals surface area contributed by atoms with Gasteiger partial charge in [-0.3, -0.25) is 9.59 Å². The van der Waals surface area contributed by atoms with Crippen molar-refractivity contribution in [1.29, 1.82) is 0 Å². The van der Waals surface area contributed by atoms with Gasteiger partial charge in [0.15, 0.2) is 0 Å². The van der Waals surface area contributed by atoms with Crippen molar-refractivity contribution in [2.75, 3.05) is 18.5 Å². The monoisotopic (exact) mass is 418 g/mol. The largest absolute Gasteiger partial charge is 0.491 e. The van der Waals surface area contributed by atoms with Crippen LogP contribution in [0.4, 0.5) is 5.95 Å². The summed E-state index contributed by atoms with van der Waals surface area (Å²) < 4.78 is 5.62. The highest BCUT2D eigenvalue weighted by molar-refractivity contribution is 6.30. The maximum atomic E-state index is 12.2. The lowest BCUT2D eigenvalue weighted by Crippen LogP contribution is -2.25. The molecule has 8 nitrogen and oxygen atoms in total. The van der Waals surface area contributed by atoms with Gasteiger partial charge in [0, 0.05) is 35.9 Å². The number of aromatic nitrogens is 2. The van der Waals surface area contributed by atoms with Gasteiger partial charge in [0.2, 0.25) is 5.95 Å². The summed E-state index contributed by atoms with van der Waals surface area (Å²) in [7, 11) is 0. The highest BCUT2D eigenvalue weighted by atomic mass is 35.5. The van der Waals surface area contributed by atoms with E-state index in [-0.39, 0.29) is 18.4 Å². The van der Waals surface area contributed by atoms with E-state index in [0.29, 0.717) is 36.1 Å². The molecule has 1 aliphatic heterocycles. The summed E-state index contributed by atoms with van der Waals surface area (Å²) in [5, 5.41) is 15.2. The molecular weight excluding hydrogens is 396 g/mol. The molecule has 1 atom stereocenters. The highest BCUT2D eigenvalue weighted by Gasteiger charge is 2.25. The van der Waals surface area contributed by atoms with Crippen LogP contribution in [-0.4, -0.2) is 40.1 Å². The van der Waals surface area contributed by atoms with Crippen molar-refractivity contribution in [3.05, 3.63) is 46.7 Å². The Balaban J connectivity index is 1.43. The summed E-state index contributed by atoms with van der Waals surface area (Å²) in [6, 6.07) is 5.36. The zero-order chi connectivity index (χ0) is 20.6. The standard InChI is InChI=1S/C20H23ClN4O4/c21-14-6-7-17-15(9-14)16(12-29-17)25-20-23-10-13(11-24-20)19(28)22-8-4-2-1-3-5-18(26)27/h6-7,9-11,16H,1-5,8,12H2,(H,22,28)(H,26,27)(H,23,24,25). The van der Waals surface area contributed by atoms with E-state index >= 15 is 0 Å². The number of rotatable bonds is 10. The number of nitrogens with one attached hydrogen (secondary N) is 2. The van der Waals surface area contributed by atoms with E-state index in [1.54, 1.807) is 6.07 Å². The van der Waals surface area contributed by atoms with Crippen LogP contribution in [0.15, 0.2) is 30.6 Å². The molecule has 1 aromatic heterocycles. The Labute approximate surface area is 173 Å². The lowest BCUT2D eigenvalue weighted by Gasteiger charge is -2.12. The molecule has 2 heterocycles. The van der Waals surface area contributed by atoms with Crippen molar-refractivity contribution < 1.29 is 19.4 Å². The van der Waals surface area contributed by atoms with Crippen LogP contribution >= 0.6 is 11.6 Å². The van der Waals surface area contributed by atoms with Crippen LogP contribution in [0.5, 0.6) is 5.75 Å². The van der Waals surface area contributed by atoms with E-state index in [4.69, 9.17) is 21.4 Å². The van der Waals surface area contributed by atoms with Crippen molar-refractivity contribution in [3.8, 4) is 5.75 Å². The molecule has 1 unspecified atom stereocenters. The van der Waals surface area contributed by atoms with Gasteiger partial charge in [-0.25, -0.2) is 9.97 Å². The third-order valence-electron chi connectivity index (χ3n) is 4.57. The van der Waals surface area contributed by atoms with Gasteiger partial charge in [0.25, 0.3) is 5.91 Å². The Kier molecular flexibility index (Phi) is 7.24. The number of unbranched alkanes of at least 4 members (excludes halogenated alkanes) is 3. The lowest BCUT2D eigenvalue weighted by atomic mass is 10.1. The third kappa shape index (κ3) is 6.05. The van der Waals surface area contributed by atoms with Crippen molar-refractivity contribution in [1.82, 2.24) is 15.3 Å². The molecule has 2 aromatic rings. The summed E-state index contributed by atoms with van der Waals surface area (Å²) >= 11 is 6.05. The van der Waals surface area contributed by atoms with E-state index in [9.17, 15) is 9.59 Å². The second kappa shape index (κ2) is 10.1. The van der Waals surface area contributed by atoms with E-state index in [2.05, 4.69) is 20.6 Å². The molecule has 0 aliphatic carbocycles. The van der Waals surface area contributed by atoms with Gasteiger partial charge in [-0.2, -0.15) is 0 Å². The number of nitrogens with zero attached hydrogens (tertiary/aromatic N) is 2. The molecule has 1 aliphatic rings.